The molecule has 0 amide bonds. The van der Waals surface area contributed by atoms with Crippen molar-refractivity contribution in [1.82, 2.24) is 5.32 Å². The Morgan fingerprint density at radius 1 is 1.39 bits per heavy atom. The van der Waals surface area contributed by atoms with Gasteiger partial charge in [-0.2, -0.15) is 0 Å². The molecule has 0 aromatic carbocycles. The van der Waals surface area contributed by atoms with Crippen molar-refractivity contribution in [2.24, 2.45) is 0 Å². The first-order chi connectivity index (χ1) is 8.56. The molecule has 2 aromatic rings. The van der Waals surface area contributed by atoms with Gasteiger partial charge >= 0.3 is 5.97 Å². The Morgan fingerprint density at radius 3 is 2.72 bits per heavy atom. The first kappa shape index (κ1) is 13.5. The van der Waals surface area contributed by atoms with Gasteiger partial charge in [0.05, 0.1) is 4.34 Å². The van der Waals surface area contributed by atoms with Crippen LogP contribution in [0.2, 0.25) is 4.34 Å². The third kappa shape index (κ3) is 3.32. The molecule has 0 spiro atoms. The lowest BCUT2D eigenvalue weighted by Gasteiger charge is -2.02. The van der Waals surface area contributed by atoms with Crippen LogP contribution in [0.5, 0.6) is 0 Å². The number of thiophene rings is 2. The number of aryl methyl sites for hydroxylation is 1. The van der Waals surface area contributed by atoms with Crippen molar-refractivity contribution < 1.29 is 9.90 Å². The van der Waals surface area contributed by atoms with Crippen LogP contribution in [0.3, 0.4) is 0 Å². The molecule has 0 aliphatic heterocycles. The summed E-state index contributed by atoms with van der Waals surface area (Å²) in [6.45, 7) is 3.36. The second-order valence-electron chi connectivity index (χ2n) is 3.81. The number of carboxylic acids is 1. The van der Waals surface area contributed by atoms with E-state index in [0.717, 1.165) is 21.3 Å². The SMILES string of the molecule is Cc1sc(C(=O)O)cc1CNCc1ccc(Cl)s1. The summed E-state index contributed by atoms with van der Waals surface area (Å²) in [6, 6.07) is 5.60. The van der Waals surface area contributed by atoms with Gasteiger partial charge in [0.1, 0.15) is 4.88 Å². The van der Waals surface area contributed by atoms with Gasteiger partial charge < -0.3 is 10.4 Å². The summed E-state index contributed by atoms with van der Waals surface area (Å²) in [6.07, 6.45) is 0. The normalized spacial score (nSPS) is 10.8. The van der Waals surface area contributed by atoms with Crippen LogP contribution in [-0.4, -0.2) is 11.1 Å². The Hall–Kier alpha value is -0.880. The number of carboxylic acid groups (broad SMARTS) is 1. The van der Waals surface area contributed by atoms with E-state index in [1.54, 1.807) is 17.4 Å². The number of aromatic carboxylic acids is 1. The van der Waals surface area contributed by atoms with Crippen LogP contribution in [0, 0.1) is 6.92 Å². The maximum atomic E-state index is 10.8. The smallest absolute Gasteiger partial charge is 0.345 e. The quantitative estimate of drug-likeness (QED) is 0.884. The zero-order valence-corrected chi connectivity index (χ0v) is 12.1. The van der Waals surface area contributed by atoms with Crippen LogP contribution >= 0.6 is 34.3 Å². The Labute approximate surface area is 118 Å². The van der Waals surface area contributed by atoms with E-state index in [1.807, 2.05) is 19.1 Å². The lowest BCUT2D eigenvalue weighted by atomic mass is 10.2. The second-order valence-corrected chi connectivity index (χ2v) is 6.86. The summed E-state index contributed by atoms with van der Waals surface area (Å²) < 4.78 is 0.784. The van der Waals surface area contributed by atoms with Gasteiger partial charge in [0, 0.05) is 22.8 Å². The van der Waals surface area contributed by atoms with Gasteiger partial charge in [-0.15, -0.1) is 22.7 Å². The van der Waals surface area contributed by atoms with Crippen molar-refractivity contribution in [2.45, 2.75) is 20.0 Å². The highest BCUT2D eigenvalue weighted by Gasteiger charge is 2.10. The van der Waals surface area contributed by atoms with Gasteiger partial charge in [-0.3, -0.25) is 0 Å². The minimum absolute atomic E-state index is 0.392. The minimum atomic E-state index is -0.862. The fourth-order valence-electron chi connectivity index (χ4n) is 1.57. The highest BCUT2D eigenvalue weighted by atomic mass is 35.5. The Balaban J connectivity index is 1.92. The monoisotopic (exact) mass is 301 g/mol. The van der Waals surface area contributed by atoms with Crippen molar-refractivity contribution in [1.29, 1.82) is 0 Å². The maximum absolute atomic E-state index is 10.8. The topological polar surface area (TPSA) is 49.3 Å². The molecule has 0 aliphatic carbocycles. The number of carbonyl (C=O) groups is 1. The third-order valence-electron chi connectivity index (χ3n) is 2.47. The molecular weight excluding hydrogens is 290 g/mol. The van der Waals surface area contributed by atoms with Gasteiger partial charge in [-0.25, -0.2) is 4.79 Å². The third-order valence-corrected chi connectivity index (χ3v) is 4.79. The summed E-state index contributed by atoms with van der Waals surface area (Å²) in [5.74, 6) is -0.862. The largest absolute Gasteiger partial charge is 0.477 e. The maximum Gasteiger partial charge on any atom is 0.345 e. The molecule has 96 valence electrons. The number of nitrogens with one attached hydrogen (secondary N) is 1. The molecule has 3 nitrogen and oxygen atoms in total. The molecule has 0 bridgehead atoms. The Bertz CT molecular complexity index is 562. The number of halogens is 1. The van der Waals surface area contributed by atoms with Crippen molar-refractivity contribution in [3.8, 4) is 0 Å². The summed E-state index contributed by atoms with van der Waals surface area (Å²) in [5, 5.41) is 12.2. The van der Waals surface area contributed by atoms with Crippen molar-refractivity contribution in [3.63, 3.8) is 0 Å². The molecule has 0 unspecified atom stereocenters. The van der Waals surface area contributed by atoms with Crippen LogP contribution in [-0.2, 0) is 13.1 Å². The van der Waals surface area contributed by atoms with E-state index in [0.29, 0.717) is 11.4 Å². The molecule has 0 fully saturated rings. The Kier molecular flexibility index (Phi) is 4.40. The van der Waals surface area contributed by atoms with E-state index < -0.39 is 5.97 Å². The number of hydrogen-bond acceptors (Lipinski definition) is 4. The first-order valence-corrected chi connectivity index (χ1v) is 7.35. The lowest BCUT2D eigenvalue weighted by molar-refractivity contribution is 0.0702. The predicted molar refractivity (Wildman–Crippen MR) is 75.9 cm³/mol. The van der Waals surface area contributed by atoms with Crippen molar-refractivity contribution in [2.75, 3.05) is 0 Å². The fraction of sp³-hybridized carbons (Fsp3) is 0.250. The molecule has 2 aromatic heterocycles. The fourth-order valence-corrected chi connectivity index (χ4v) is 3.51. The van der Waals surface area contributed by atoms with Crippen LogP contribution < -0.4 is 5.32 Å². The molecule has 0 atom stereocenters. The van der Waals surface area contributed by atoms with Crippen molar-refractivity contribution in [3.05, 3.63) is 42.7 Å². The average Bonchev–Trinajstić information content (AvgIpc) is 2.87. The molecular formula is C12H12ClNO2S2. The minimum Gasteiger partial charge on any atom is -0.477 e. The highest BCUT2D eigenvalue weighted by molar-refractivity contribution is 7.16. The predicted octanol–water partition coefficient (Wildman–Crippen LogP) is 3.76. The lowest BCUT2D eigenvalue weighted by Crippen LogP contribution is -2.11. The molecule has 0 saturated carbocycles. The van der Waals surface area contributed by atoms with E-state index in [1.165, 1.54) is 16.2 Å². The summed E-state index contributed by atoms with van der Waals surface area (Å²) in [5.41, 5.74) is 1.04. The highest BCUT2D eigenvalue weighted by Crippen LogP contribution is 2.23. The average molecular weight is 302 g/mol. The van der Waals surface area contributed by atoms with E-state index in [9.17, 15) is 4.79 Å². The van der Waals surface area contributed by atoms with Gasteiger partial charge in [-0.1, -0.05) is 11.6 Å². The zero-order valence-electron chi connectivity index (χ0n) is 9.70. The number of hydrogen-bond donors (Lipinski definition) is 2. The van der Waals surface area contributed by atoms with Gasteiger partial charge in [-0.05, 0) is 30.7 Å². The zero-order chi connectivity index (χ0) is 13.1. The molecule has 2 heterocycles. The van der Waals surface area contributed by atoms with E-state index in [4.69, 9.17) is 16.7 Å². The summed E-state index contributed by atoms with van der Waals surface area (Å²) >= 11 is 8.71. The van der Waals surface area contributed by atoms with Crippen LogP contribution in [0.1, 0.15) is 25.0 Å². The van der Waals surface area contributed by atoms with E-state index in [2.05, 4.69) is 5.32 Å². The van der Waals surface area contributed by atoms with Gasteiger partial charge in [0.25, 0.3) is 0 Å². The van der Waals surface area contributed by atoms with E-state index >= 15 is 0 Å². The molecule has 6 heteroatoms. The molecule has 2 N–H and O–H groups in total. The second kappa shape index (κ2) is 5.84. The molecule has 18 heavy (non-hydrogen) atoms. The van der Waals surface area contributed by atoms with Gasteiger partial charge in [0.15, 0.2) is 0 Å². The van der Waals surface area contributed by atoms with Gasteiger partial charge in [0.2, 0.25) is 0 Å². The summed E-state index contributed by atoms with van der Waals surface area (Å²) in [7, 11) is 0. The van der Waals surface area contributed by atoms with Crippen LogP contribution in [0.25, 0.3) is 0 Å². The van der Waals surface area contributed by atoms with E-state index in [-0.39, 0.29) is 0 Å². The molecule has 0 aliphatic rings. The van der Waals surface area contributed by atoms with Crippen LogP contribution in [0.15, 0.2) is 18.2 Å². The number of rotatable bonds is 5. The standard InChI is InChI=1S/C12H12ClNO2S2/c1-7-8(4-10(17-7)12(15)16)5-14-6-9-2-3-11(13)18-9/h2-4,14H,5-6H2,1H3,(H,15,16). The molecule has 0 saturated heterocycles. The Morgan fingerprint density at radius 2 is 2.17 bits per heavy atom. The van der Waals surface area contributed by atoms with Crippen molar-refractivity contribution >= 4 is 40.2 Å². The molecule has 0 radical (unpaired) electrons. The summed E-state index contributed by atoms with van der Waals surface area (Å²) in [4.78, 5) is 13.5. The van der Waals surface area contributed by atoms with Crippen LogP contribution in [0.4, 0.5) is 0 Å². The first-order valence-electron chi connectivity index (χ1n) is 5.34. The molecule has 2 rings (SSSR count).